The van der Waals surface area contributed by atoms with Gasteiger partial charge in [-0.1, -0.05) is 0 Å². The van der Waals surface area contributed by atoms with E-state index in [2.05, 4.69) is 15.2 Å². The number of aromatic amines is 1. The lowest BCUT2D eigenvalue weighted by Gasteiger charge is -2.32. The van der Waals surface area contributed by atoms with E-state index in [4.69, 9.17) is 4.74 Å². The summed E-state index contributed by atoms with van der Waals surface area (Å²) in [7, 11) is 0. The monoisotopic (exact) mass is 328 g/mol. The number of nitrogens with zero attached hydrogens (tertiary/aromatic N) is 3. The van der Waals surface area contributed by atoms with Crippen molar-refractivity contribution in [2.24, 2.45) is 0 Å². The van der Waals surface area contributed by atoms with Gasteiger partial charge in [0.25, 0.3) is 0 Å². The second-order valence-corrected chi connectivity index (χ2v) is 6.29. The molecule has 0 saturated carbocycles. The smallest absolute Gasteiger partial charge is 0.222 e. The van der Waals surface area contributed by atoms with Gasteiger partial charge in [0.2, 0.25) is 5.91 Å². The van der Waals surface area contributed by atoms with Crippen LogP contribution in [0.1, 0.15) is 36.2 Å². The van der Waals surface area contributed by atoms with E-state index < -0.39 is 0 Å². The molecule has 3 rings (SSSR count). The van der Waals surface area contributed by atoms with Crippen LogP contribution in [-0.2, 0) is 11.2 Å². The molecule has 0 spiro atoms. The molecule has 1 fully saturated rings. The largest absolute Gasteiger partial charge is 0.490 e. The predicted molar refractivity (Wildman–Crippen MR) is 90.8 cm³/mol. The summed E-state index contributed by atoms with van der Waals surface area (Å²) in [5.74, 6) is 1.07. The van der Waals surface area contributed by atoms with Crippen LogP contribution in [0.15, 0.2) is 24.5 Å². The zero-order valence-corrected chi connectivity index (χ0v) is 14.3. The van der Waals surface area contributed by atoms with Gasteiger partial charge in [0.15, 0.2) is 0 Å². The number of carbonyl (C=O) groups excluding carboxylic acids is 1. The van der Waals surface area contributed by atoms with Crippen LogP contribution in [0.2, 0.25) is 0 Å². The number of likely N-dealkylation sites (tertiary alicyclic amines) is 1. The van der Waals surface area contributed by atoms with Crippen molar-refractivity contribution in [2.75, 3.05) is 13.1 Å². The summed E-state index contributed by atoms with van der Waals surface area (Å²) in [4.78, 5) is 18.4. The summed E-state index contributed by atoms with van der Waals surface area (Å²) in [5.41, 5.74) is 3.22. The van der Waals surface area contributed by atoms with Crippen LogP contribution in [0, 0.1) is 13.8 Å². The van der Waals surface area contributed by atoms with Crippen molar-refractivity contribution in [3.05, 3.63) is 41.5 Å². The minimum Gasteiger partial charge on any atom is -0.490 e. The van der Waals surface area contributed by atoms with Crippen molar-refractivity contribution in [1.29, 1.82) is 0 Å². The lowest BCUT2D eigenvalue weighted by molar-refractivity contribution is -0.132. The quantitative estimate of drug-likeness (QED) is 0.915. The first-order valence-corrected chi connectivity index (χ1v) is 8.48. The molecule has 24 heavy (non-hydrogen) atoms. The maximum atomic E-state index is 12.4. The minimum atomic E-state index is 0.176. The van der Waals surface area contributed by atoms with Crippen molar-refractivity contribution in [3.8, 4) is 5.75 Å². The third-order valence-electron chi connectivity index (χ3n) is 4.62. The van der Waals surface area contributed by atoms with Crippen LogP contribution in [0.4, 0.5) is 0 Å². The van der Waals surface area contributed by atoms with Crippen molar-refractivity contribution < 1.29 is 9.53 Å². The third-order valence-corrected chi connectivity index (χ3v) is 4.62. The molecule has 1 N–H and O–H groups in total. The number of H-pyrrole nitrogens is 1. The highest BCUT2D eigenvalue weighted by atomic mass is 16.5. The molecule has 2 aromatic heterocycles. The maximum absolute atomic E-state index is 12.4. The zero-order valence-electron chi connectivity index (χ0n) is 14.3. The van der Waals surface area contributed by atoms with Crippen molar-refractivity contribution >= 4 is 5.91 Å². The summed E-state index contributed by atoms with van der Waals surface area (Å²) in [5, 5.41) is 7.16. The third kappa shape index (κ3) is 3.93. The average molecular weight is 328 g/mol. The van der Waals surface area contributed by atoms with Gasteiger partial charge in [0.05, 0.1) is 5.69 Å². The molecule has 0 bridgehead atoms. The maximum Gasteiger partial charge on any atom is 0.222 e. The number of ether oxygens (including phenoxy) is 1. The normalized spacial score (nSPS) is 15.5. The molecule has 6 heteroatoms. The molecule has 1 saturated heterocycles. The van der Waals surface area contributed by atoms with Gasteiger partial charge in [-0.25, -0.2) is 0 Å². The van der Waals surface area contributed by atoms with Gasteiger partial charge in [-0.3, -0.25) is 14.9 Å². The van der Waals surface area contributed by atoms with Gasteiger partial charge >= 0.3 is 0 Å². The van der Waals surface area contributed by atoms with E-state index in [0.29, 0.717) is 6.42 Å². The second kappa shape index (κ2) is 7.47. The van der Waals surface area contributed by atoms with Gasteiger partial charge in [0.1, 0.15) is 11.9 Å². The number of pyridine rings is 1. The van der Waals surface area contributed by atoms with Crippen LogP contribution in [0.5, 0.6) is 5.75 Å². The number of hydrogen-bond donors (Lipinski definition) is 1. The van der Waals surface area contributed by atoms with Crippen LogP contribution in [0.3, 0.4) is 0 Å². The van der Waals surface area contributed by atoms with E-state index >= 15 is 0 Å². The van der Waals surface area contributed by atoms with E-state index in [1.54, 1.807) is 12.4 Å². The summed E-state index contributed by atoms with van der Waals surface area (Å²) in [6, 6.07) is 3.74. The SMILES string of the molecule is Cc1n[nH]c(C)c1CCC(=O)N1CCC(Oc2ccncc2)CC1. The first kappa shape index (κ1) is 16.5. The molecule has 1 aliphatic rings. The van der Waals surface area contributed by atoms with Gasteiger partial charge in [-0.2, -0.15) is 5.10 Å². The van der Waals surface area contributed by atoms with E-state index in [1.807, 2.05) is 30.9 Å². The highest BCUT2D eigenvalue weighted by Gasteiger charge is 2.24. The Hall–Kier alpha value is -2.37. The summed E-state index contributed by atoms with van der Waals surface area (Å²) < 4.78 is 5.94. The standard InChI is InChI=1S/C18H24N4O2/c1-13-17(14(2)21-20-13)3-4-18(23)22-11-7-16(8-12-22)24-15-5-9-19-10-6-15/h5-6,9-10,16H,3-4,7-8,11-12H2,1-2H3,(H,20,21). The number of amides is 1. The first-order valence-electron chi connectivity index (χ1n) is 8.48. The molecule has 1 amide bonds. The number of nitrogens with one attached hydrogen (secondary N) is 1. The number of aromatic nitrogens is 3. The highest BCUT2D eigenvalue weighted by Crippen LogP contribution is 2.19. The average Bonchev–Trinajstić information content (AvgIpc) is 2.92. The molecular formula is C18H24N4O2. The Morgan fingerprint density at radius 2 is 2.00 bits per heavy atom. The Bertz CT molecular complexity index is 656. The summed E-state index contributed by atoms with van der Waals surface area (Å²) >= 11 is 0. The lowest BCUT2D eigenvalue weighted by Crippen LogP contribution is -2.41. The lowest BCUT2D eigenvalue weighted by atomic mass is 10.0. The van der Waals surface area contributed by atoms with Crippen LogP contribution < -0.4 is 4.74 Å². The number of piperidine rings is 1. The topological polar surface area (TPSA) is 71.1 Å². The molecule has 0 aromatic carbocycles. The van der Waals surface area contributed by atoms with Crippen LogP contribution in [-0.4, -0.2) is 45.2 Å². The molecule has 0 aliphatic carbocycles. The molecule has 128 valence electrons. The number of rotatable bonds is 5. The molecule has 0 unspecified atom stereocenters. The number of hydrogen-bond acceptors (Lipinski definition) is 4. The molecule has 3 heterocycles. The Morgan fingerprint density at radius 3 is 2.62 bits per heavy atom. The second-order valence-electron chi connectivity index (χ2n) is 6.29. The predicted octanol–water partition coefficient (Wildman–Crippen LogP) is 2.42. The molecule has 0 radical (unpaired) electrons. The Labute approximate surface area is 142 Å². The highest BCUT2D eigenvalue weighted by molar-refractivity contribution is 5.76. The van der Waals surface area contributed by atoms with E-state index in [1.165, 1.54) is 5.56 Å². The molecule has 6 nitrogen and oxygen atoms in total. The molecule has 1 aliphatic heterocycles. The first-order chi connectivity index (χ1) is 11.6. The molecule has 0 atom stereocenters. The summed E-state index contributed by atoms with van der Waals surface area (Å²) in [6.07, 6.45) is 6.67. The Kier molecular flexibility index (Phi) is 5.13. The summed E-state index contributed by atoms with van der Waals surface area (Å²) in [6.45, 7) is 5.50. The fourth-order valence-corrected chi connectivity index (χ4v) is 3.16. The van der Waals surface area contributed by atoms with Gasteiger partial charge in [-0.05, 0) is 38.0 Å². The van der Waals surface area contributed by atoms with E-state index in [9.17, 15) is 4.79 Å². The fraction of sp³-hybridized carbons (Fsp3) is 0.500. The van der Waals surface area contributed by atoms with Crippen molar-refractivity contribution in [2.45, 2.75) is 45.6 Å². The molecular weight excluding hydrogens is 304 g/mol. The van der Waals surface area contributed by atoms with Crippen molar-refractivity contribution in [1.82, 2.24) is 20.1 Å². The fourth-order valence-electron chi connectivity index (χ4n) is 3.16. The van der Waals surface area contributed by atoms with Crippen molar-refractivity contribution in [3.63, 3.8) is 0 Å². The number of carbonyl (C=O) groups is 1. The molecule has 2 aromatic rings. The van der Waals surface area contributed by atoms with Crippen LogP contribution >= 0.6 is 0 Å². The van der Waals surface area contributed by atoms with Gasteiger partial charge in [0, 0.05) is 50.4 Å². The van der Waals surface area contributed by atoms with Gasteiger partial charge in [-0.15, -0.1) is 0 Å². The van der Waals surface area contributed by atoms with E-state index in [0.717, 1.165) is 49.5 Å². The van der Waals surface area contributed by atoms with E-state index in [-0.39, 0.29) is 12.0 Å². The van der Waals surface area contributed by atoms with Crippen LogP contribution in [0.25, 0.3) is 0 Å². The Morgan fingerprint density at radius 1 is 1.29 bits per heavy atom. The van der Waals surface area contributed by atoms with Gasteiger partial charge < -0.3 is 9.64 Å². The number of aryl methyl sites for hydroxylation is 2. The Balaban J connectivity index is 1.45. The zero-order chi connectivity index (χ0) is 16.9. The minimum absolute atomic E-state index is 0.176.